The lowest BCUT2D eigenvalue weighted by Crippen LogP contribution is -2.28. The van der Waals surface area contributed by atoms with Crippen molar-refractivity contribution in [2.45, 2.75) is 25.6 Å². The highest BCUT2D eigenvalue weighted by Crippen LogP contribution is 2.38. The van der Waals surface area contributed by atoms with Gasteiger partial charge in [-0.3, -0.25) is 14.2 Å². The van der Waals surface area contributed by atoms with E-state index in [9.17, 15) is 22.8 Å². The maximum absolute atomic E-state index is 12.7. The average molecular weight is 462 g/mol. The van der Waals surface area contributed by atoms with Crippen LogP contribution in [0.3, 0.4) is 0 Å². The Morgan fingerprint density at radius 2 is 2.06 bits per heavy atom. The third kappa shape index (κ3) is 4.23. The number of carbonyl (C=O) groups is 2. The van der Waals surface area contributed by atoms with Gasteiger partial charge < -0.3 is 10.1 Å². The van der Waals surface area contributed by atoms with Crippen LogP contribution in [0.2, 0.25) is 0 Å². The normalized spacial score (nSPS) is 14.7. The number of nitrogens with zero attached hydrogens (tertiary/aromatic N) is 2. The van der Waals surface area contributed by atoms with Crippen molar-refractivity contribution >= 4 is 49.0 Å². The van der Waals surface area contributed by atoms with Crippen LogP contribution in [0, 0.1) is 0 Å². The van der Waals surface area contributed by atoms with Gasteiger partial charge in [0.2, 0.25) is 5.91 Å². The molecule has 0 fully saturated rings. The highest BCUT2D eigenvalue weighted by atomic mass is 32.2. The number of carbonyl (C=O) groups excluding carboxylic acids is 2. The van der Waals surface area contributed by atoms with Gasteiger partial charge in [-0.25, -0.2) is 18.2 Å². The fourth-order valence-corrected chi connectivity index (χ4v) is 6.52. The fraction of sp³-hybridized carbons (Fsp3) is 0.300. The van der Waals surface area contributed by atoms with Gasteiger partial charge in [0.15, 0.2) is 9.84 Å². The van der Waals surface area contributed by atoms with Crippen LogP contribution < -0.4 is 10.9 Å². The van der Waals surface area contributed by atoms with Gasteiger partial charge in [-0.05, 0) is 31.0 Å². The van der Waals surface area contributed by atoms with E-state index >= 15 is 0 Å². The molecule has 1 aliphatic rings. The first-order valence-corrected chi connectivity index (χ1v) is 12.2. The van der Waals surface area contributed by atoms with Crippen molar-refractivity contribution in [1.29, 1.82) is 0 Å². The predicted molar refractivity (Wildman–Crippen MR) is 116 cm³/mol. The number of anilines is 1. The number of fused-ring (bicyclic) bond motifs is 2. The summed E-state index contributed by atoms with van der Waals surface area (Å²) in [6.07, 6.45) is 1.48. The molecular formula is C20H19N3O6S2. The molecule has 1 aliphatic heterocycles. The van der Waals surface area contributed by atoms with Crippen molar-refractivity contribution in [1.82, 2.24) is 9.55 Å². The number of thiophene rings is 1. The van der Waals surface area contributed by atoms with Crippen LogP contribution in [-0.4, -0.2) is 42.2 Å². The summed E-state index contributed by atoms with van der Waals surface area (Å²) in [5, 5.41) is 3.27. The van der Waals surface area contributed by atoms with Gasteiger partial charge >= 0.3 is 5.97 Å². The topological polar surface area (TPSA) is 124 Å². The Labute approximate surface area is 181 Å². The first-order valence-electron chi connectivity index (χ1n) is 9.55. The minimum atomic E-state index is -3.25. The maximum atomic E-state index is 12.7. The van der Waals surface area contributed by atoms with Gasteiger partial charge in [0.1, 0.15) is 11.5 Å². The van der Waals surface area contributed by atoms with Crippen LogP contribution in [0.1, 0.15) is 27.7 Å². The SMILES string of the molecule is CCOC(=O)c1c(NC(=O)Cn2cnc3ccccc3c2=O)sc2c1CCS(=O)(=O)C2. The molecule has 9 nitrogen and oxygen atoms in total. The van der Waals surface area contributed by atoms with Crippen molar-refractivity contribution in [2.24, 2.45) is 0 Å². The zero-order chi connectivity index (χ0) is 22.2. The van der Waals surface area contributed by atoms with Crippen LogP contribution >= 0.6 is 11.3 Å². The summed E-state index contributed by atoms with van der Waals surface area (Å²) in [5.74, 6) is -1.39. The third-order valence-corrected chi connectivity index (χ3v) is 7.77. The van der Waals surface area contributed by atoms with E-state index in [-0.39, 0.29) is 47.2 Å². The zero-order valence-electron chi connectivity index (χ0n) is 16.6. The first kappa shape index (κ1) is 21.2. The zero-order valence-corrected chi connectivity index (χ0v) is 18.2. The van der Waals surface area contributed by atoms with Crippen LogP contribution in [0.25, 0.3) is 10.9 Å². The van der Waals surface area contributed by atoms with Crippen molar-refractivity contribution in [3.05, 3.63) is 57.0 Å². The summed E-state index contributed by atoms with van der Waals surface area (Å²) in [6, 6.07) is 6.82. The van der Waals surface area contributed by atoms with Crippen molar-refractivity contribution in [3.63, 3.8) is 0 Å². The number of aromatic nitrogens is 2. The minimum absolute atomic E-state index is 0.0608. The minimum Gasteiger partial charge on any atom is -0.462 e. The van der Waals surface area contributed by atoms with E-state index in [1.807, 2.05) is 0 Å². The summed E-state index contributed by atoms with van der Waals surface area (Å²) in [4.78, 5) is 42.5. The number of ether oxygens (including phenoxy) is 1. The second-order valence-corrected chi connectivity index (χ2v) is 10.3. The van der Waals surface area contributed by atoms with Crippen molar-refractivity contribution in [3.8, 4) is 0 Å². The number of hydrogen-bond donors (Lipinski definition) is 1. The molecular weight excluding hydrogens is 442 g/mol. The average Bonchev–Trinajstić information content (AvgIpc) is 3.06. The molecule has 1 aromatic carbocycles. The van der Waals surface area contributed by atoms with E-state index in [0.29, 0.717) is 21.3 Å². The third-order valence-electron chi connectivity index (χ3n) is 4.88. The van der Waals surface area contributed by atoms with Gasteiger partial charge in [-0.2, -0.15) is 0 Å². The van der Waals surface area contributed by atoms with Crippen LogP contribution in [0.15, 0.2) is 35.4 Å². The summed E-state index contributed by atoms with van der Waals surface area (Å²) in [6.45, 7) is 1.51. The maximum Gasteiger partial charge on any atom is 0.341 e. The molecule has 0 aliphatic carbocycles. The summed E-state index contributed by atoms with van der Waals surface area (Å²) in [5.41, 5.74) is 0.955. The van der Waals surface area contributed by atoms with Gasteiger partial charge in [-0.1, -0.05) is 12.1 Å². The summed E-state index contributed by atoms with van der Waals surface area (Å²) >= 11 is 1.05. The molecule has 1 amide bonds. The van der Waals surface area contributed by atoms with Crippen molar-refractivity contribution < 1.29 is 22.7 Å². The second-order valence-electron chi connectivity index (χ2n) is 7.01. The highest BCUT2D eigenvalue weighted by Gasteiger charge is 2.32. The van der Waals surface area contributed by atoms with E-state index < -0.39 is 21.7 Å². The molecule has 0 saturated heterocycles. The molecule has 0 bridgehead atoms. The van der Waals surface area contributed by atoms with Crippen molar-refractivity contribution in [2.75, 3.05) is 17.7 Å². The largest absolute Gasteiger partial charge is 0.462 e. The van der Waals surface area contributed by atoms with Gasteiger partial charge in [0.05, 0.1) is 40.9 Å². The smallest absolute Gasteiger partial charge is 0.341 e. The highest BCUT2D eigenvalue weighted by molar-refractivity contribution is 7.90. The molecule has 1 N–H and O–H groups in total. The number of amides is 1. The standard InChI is InChI=1S/C20H19N3O6S2/c1-2-29-20(26)17-13-7-8-31(27,28)10-15(13)30-18(17)22-16(24)9-23-11-21-14-6-4-3-5-12(14)19(23)25/h3-6,11H,2,7-10H2,1H3,(H,22,24). The van der Waals surface area contributed by atoms with E-state index in [1.54, 1.807) is 31.2 Å². The number of nitrogens with one attached hydrogen (secondary N) is 1. The second kappa shape index (κ2) is 8.23. The number of sulfone groups is 1. The van der Waals surface area contributed by atoms with Gasteiger partial charge in [0.25, 0.3) is 5.56 Å². The lowest BCUT2D eigenvalue weighted by atomic mass is 10.1. The molecule has 11 heteroatoms. The molecule has 0 spiro atoms. The van der Waals surface area contributed by atoms with E-state index in [4.69, 9.17) is 4.74 Å². The molecule has 3 heterocycles. The van der Waals surface area contributed by atoms with E-state index in [1.165, 1.54) is 10.9 Å². The predicted octanol–water partition coefficient (Wildman–Crippen LogP) is 1.74. The molecule has 3 aromatic rings. The summed E-state index contributed by atoms with van der Waals surface area (Å²) < 4.78 is 30.3. The molecule has 0 saturated carbocycles. The van der Waals surface area contributed by atoms with Gasteiger partial charge in [-0.15, -0.1) is 11.3 Å². The Balaban J connectivity index is 1.64. The number of hydrogen-bond acceptors (Lipinski definition) is 8. The molecule has 31 heavy (non-hydrogen) atoms. The monoisotopic (exact) mass is 461 g/mol. The Bertz CT molecular complexity index is 1360. The Morgan fingerprint density at radius 3 is 2.84 bits per heavy atom. The molecule has 0 atom stereocenters. The first-order chi connectivity index (χ1) is 14.8. The fourth-order valence-electron chi connectivity index (χ4n) is 3.47. The number of para-hydroxylation sites is 1. The number of benzene rings is 1. The van der Waals surface area contributed by atoms with Gasteiger partial charge in [0, 0.05) is 4.88 Å². The number of esters is 1. The van der Waals surface area contributed by atoms with Crippen LogP contribution in [0.5, 0.6) is 0 Å². The Morgan fingerprint density at radius 1 is 1.29 bits per heavy atom. The quantitative estimate of drug-likeness (QED) is 0.574. The molecule has 162 valence electrons. The van der Waals surface area contributed by atoms with Crippen LogP contribution in [0.4, 0.5) is 5.00 Å². The lowest BCUT2D eigenvalue weighted by molar-refractivity contribution is -0.116. The lowest BCUT2D eigenvalue weighted by Gasteiger charge is -2.13. The molecule has 0 radical (unpaired) electrons. The Kier molecular flexibility index (Phi) is 5.63. The van der Waals surface area contributed by atoms with Crippen LogP contribution in [-0.2, 0) is 38.1 Å². The molecule has 2 aromatic heterocycles. The number of rotatable bonds is 5. The van der Waals surface area contributed by atoms with E-state index in [2.05, 4.69) is 10.3 Å². The molecule has 0 unspecified atom stereocenters. The summed E-state index contributed by atoms with van der Waals surface area (Å²) in [7, 11) is -3.25. The van der Waals surface area contributed by atoms with E-state index in [0.717, 1.165) is 11.3 Å². The molecule has 4 rings (SSSR count). The Hall–Kier alpha value is -3.05.